The van der Waals surface area contributed by atoms with Crippen molar-refractivity contribution < 1.29 is 4.39 Å². The SMILES string of the molecule is Cc1cc(F)c(Br)c(NC=C(C#N)C#N)c1. The molecule has 0 heterocycles. The first-order valence-electron chi connectivity index (χ1n) is 4.31. The molecule has 1 rings (SSSR count). The second kappa shape index (κ2) is 5.29. The zero-order valence-electron chi connectivity index (χ0n) is 8.38. The van der Waals surface area contributed by atoms with E-state index in [4.69, 9.17) is 10.5 Å². The third-order valence-electron chi connectivity index (χ3n) is 1.79. The second-order valence-corrected chi connectivity index (χ2v) is 3.83. The Labute approximate surface area is 101 Å². The van der Waals surface area contributed by atoms with Crippen LogP contribution in [0.1, 0.15) is 5.56 Å². The average Bonchev–Trinajstić information content (AvgIpc) is 2.26. The zero-order chi connectivity index (χ0) is 12.1. The van der Waals surface area contributed by atoms with Crippen molar-refractivity contribution in [1.29, 1.82) is 10.5 Å². The Morgan fingerprint density at radius 1 is 1.44 bits per heavy atom. The summed E-state index contributed by atoms with van der Waals surface area (Å²) >= 11 is 3.08. The van der Waals surface area contributed by atoms with Crippen LogP contribution in [0.4, 0.5) is 10.1 Å². The maximum Gasteiger partial charge on any atom is 0.145 e. The second-order valence-electron chi connectivity index (χ2n) is 3.03. The van der Waals surface area contributed by atoms with Crippen molar-refractivity contribution in [1.82, 2.24) is 0 Å². The van der Waals surface area contributed by atoms with Gasteiger partial charge in [0.1, 0.15) is 23.5 Å². The van der Waals surface area contributed by atoms with Crippen LogP contribution in [0, 0.1) is 35.4 Å². The van der Waals surface area contributed by atoms with Gasteiger partial charge in [-0.05, 0) is 40.5 Å². The van der Waals surface area contributed by atoms with E-state index in [2.05, 4.69) is 21.2 Å². The Hall–Kier alpha value is -1.85. The van der Waals surface area contributed by atoms with Crippen molar-refractivity contribution in [2.45, 2.75) is 6.92 Å². The molecular weight excluding hydrogens is 273 g/mol. The van der Waals surface area contributed by atoms with E-state index in [1.807, 2.05) is 0 Å². The van der Waals surface area contributed by atoms with Gasteiger partial charge in [0.05, 0.1) is 10.2 Å². The van der Waals surface area contributed by atoms with Crippen LogP contribution in [0.25, 0.3) is 0 Å². The lowest BCUT2D eigenvalue weighted by molar-refractivity contribution is 0.620. The van der Waals surface area contributed by atoms with Gasteiger partial charge < -0.3 is 5.32 Å². The van der Waals surface area contributed by atoms with Crippen LogP contribution in [0.15, 0.2) is 28.4 Å². The lowest BCUT2D eigenvalue weighted by atomic mass is 10.2. The quantitative estimate of drug-likeness (QED) is 0.846. The maximum atomic E-state index is 13.3. The molecule has 0 unspecified atom stereocenters. The van der Waals surface area contributed by atoms with E-state index in [9.17, 15) is 4.39 Å². The molecule has 1 aromatic rings. The molecule has 3 nitrogen and oxygen atoms in total. The normalized spacial score (nSPS) is 8.81. The third kappa shape index (κ3) is 2.82. The predicted octanol–water partition coefficient (Wildman–Crippen LogP) is 3.24. The van der Waals surface area contributed by atoms with Gasteiger partial charge in [-0.25, -0.2) is 4.39 Å². The molecule has 0 spiro atoms. The van der Waals surface area contributed by atoms with Crippen LogP contribution in [0.5, 0.6) is 0 Å². The summed E-state index contributed by atoms with van der Waals surface area (Å²) in [5.74, 6) is -0.397. The molecule has 80 valence electrons. The highest BCUT2D eigenvalue weighted by molar-refractivity contribution is 9.10. The average molecular weight is 280 g/mol. The molecule has 0 saturated carbocycles. The Balaban J connectivity index is 3.05. The monoisotopic (exact) mass is 279 g/mol. The van der Waals surface area contributed by atoms with Gasteiger partial charge in [-0.1, -0.05) is 0 Å². The van der Waals surface area contributed by atoms with Crippen molar-refractivity contribution >= 4 is 21.6 Å². The van der Waals surface area contributed by atoms with Gasteiger partial charge in [0, 0.05) is 6.20 Å². The fraction of sp³-hybridized carbons (Fsp3) is 0.0909. The number of rotatable bonds is 2. The summed E-state index contributed by atoms with van der Waals surface area (Å²) in [7, 11) is 0. The first kappa shape index (κ1) is 12.2. The summed E-state index contributed by atoms with van der Waals surface area (Å²) in [5.41, 5.74) is 1.14. The van der Waals surface area contributed by atoms with Gasteiger partial charge >= 0.3 is 0 Å². The lowest BCUT2D eigenvalue weighted by Crippen LogP contribution is -1.94. The number of anilines is 1. The number of allylic oxidation sites excluding steroid dienone is 1. The molecule has 16 heavy (non-hydrogen) atoms. The number of benzene rings is 1. The van der Waals surface area contributed by atoms with Crippen molar-refractivity contribution in [3.8, 4) is 12.1 Å². The topological polar surface area (TPSA) is 59.6 Å². The molecule has 0 aromatic heterocycles. The van der Waals surface area contributed by atoms with E-state index >= 15 is 0 Å². The van der Waals surface area contributed by atoms with E-state index in [1.54, 1.807) is 25.1 Å². The van der Waals surface area contributed by atoms with Gasteiger partial charge in [-0.2, -0.15) is 10.5 Å². The summed E-state index contributed by atoms with van der Waals surface area (Å²) in [4.78, 5) is 0. The number of nitriles is 2. The van der Waals surface area contributed by atoms with E-state index in [0.29, 0.717) is 5.69 Å². The van der Waals surface area contributed by atoms with Crippen LogP contribution in [-0.2, 0) is 0 Å². The van der Waals surface area contributed by atoms with Gasteiger partial charge in [-0.15, -0.1) is 0 Å². The number of hydrogen-bond acceptors (Lipinski definition) is 3. The summed E-state index contributed by atoms with van der Waals surface area (Å²) in [6.45, 7) is 1.75. The van der Waals surface area contributed by atoms with Crippen LogP contribution in [-0.4, -0.2) is 0 Å². The van der Waals surface area contributed by atoms with Crippen LogP contribution >= 0.6 is 15.9 Å². The summed E-state index contributed by atoms with van der Waals surface area (Å²) in [6.07, 6.45) is 1.24. The molecule has 0 aliphatic carbocycles. The minimum Gasteiger partial charge on any atom is -0.359 e. The van der Waals surface area contributed by atoms with Crippen molar-refractivity contribution in [2.24, 2.45) is 0 Å². The zero-order valence-corrected chi connectivity index (χ0v) is 9.97. The van der Waals surface area contributed by atoms with E-state index in [1.165, 1.54) is 12.3 Å². The summed E-state index contributed by atoms with van der Waals surface area (Å²) < 4.78 is 13.6. The van der Waals surface area contributed by atoms with E-state index < -0.39 is 5.82 Å². The molecule has 0 bridgehead atoms. The number of aryl methyl sites for hydroxylation is 1. The minimum absolute atomic E-state index is 0.0752. The molecular formula is C11H7BrFN3. The predicted molar refractivity (Wildman–Crippen MR) is 61.8 cm³/mol. The highest BCUT2D eigenvalue weighted by Crippen LogP contribution is 2.27. The molecule has 1 aromatic carbocycles. The highest BCUT2D eigenvalue weighted by Gasteiger charge is 2.06. The maximum absolute atomic E-state index is 13.3. The summed E-state index contributed by atoms with van der Waals surface area (Å²) in [5, 5.41) is 19.7. The van der Waals surface area contributed by atoms with E-state index in [0.717, 1.165) is 5.56 Å². The van der Waals surface area contributed by atoms with Crippen LogP contribution < -0.4 is 5.32 Å². The first-order chi connectivity index (χ1) is 7.58. The Morgan fingerprint density at radius 2 is 2.06 bits per heavy atom. The number of halogens is 2. The molecule has 1 N–H and O–H groups in total. The molecule has 0 aliphatic rings. The fourth-order valence-electron chi connectivity index (χ4n) is 1.07. The molecule has 0 atom stereocenters. The fourth-order valence-corrected chi connectivity index (χ4v) is 1.41. The Bertz CT molecular complexity index is 507. The lowest BCUT2D eigenvalue weighted by Gasteiger charge is -2.06. The highest BCUT2D eigenvalue weighted by atomic mass is 79.9. The molecule has 0 radical (unpaired) electrons. The van der Waals surface area contributed by atoms with Gasteiger partial charge in [0.25, 0.3) is 0 Å². The van der Waals surface area contributed by atoms with Crippen molar-refractivity contribution in [2.75, 3.05) is 5.32 Å². The number of nitrogens with zero attached hydrogens (tertiary/aromatic N) is 2. The summed E-state index contributed by atoms with van der Waals surface area (Å²) in [6, 6.07) is 6.49. The smallest absolute Gasteiger partial charge is 0.145 e. The van der Waals surface area contributed by atoms with Crippen LogP contribution in [0.3, 0.4) is 0 Å². The van der Waals surface area contributed by atoms with Crippen molar-refractivity contribution in [3.63, 3.8) is 0 Å². The molecule has 5 heteroatoms. The standard InChI is InChI=1S/C11H7BrFN3/c1-7-2-9(13)11(12)10(3-7)16-6-8(4-14)5-15/h2-3,6,16H,1H3. The Kier molecular flexibility index (Phi) is 4.04. The molecule has 0 aliphatic heterocycles. The number of nitrogens with one attached hydrogen (secondary N) is 1. The number of hydrogen-bond donors (Lipinski definition) is 1. The first-order valence-corrected chi connectivity index (χ1v) is 5.10. The third-order valence-corrected chi connectivity index (χ3v) is 2.59. The molecule has 0 amide bonds. The molecule has 0 saturated heterocycles. The molecule has 0 fully saturated rings. The van der Waals surface area contributed by atoms with Gasteiger partial charge in [0.15, 0.2) is 0 Å². The van der Waals surface area contributed by atoms with Crippen LogP contribution in [0.2, 0.25) is 0 Å². The Morgan fingerprint density at radius 3 is 2.62 bits per heavy atom. The van der Waals surface area contributed by atoms with Gasteiger partial charge in [-0.3, -0.25) is 0 Å². The van der Waals surface area contributed by atoms with Gasteiger partial charge in [0.2, 0.25) is 0 Å². The minimum atomic E-state index is -0.397. The van der Waals surface area contributed by atoms with E-state index in [-0.39, 0.29) is 10.0 Å². The van der Waals surface area contributed by atoms with Crippen molar-refractivity contribution in [3.05, 3.63) is 39.8 Å². The largest absolute Gasteiger partial charge is 0.359 e.